The van der Waals surface area contributed by atoms with E-state index in [1.165, 1.54) is 10.4 Å². The van der Waals surface area contributed by atoms with Gasteiger partial charge in [-0.1, -0.05) is 53.0 Å². The maximum absolute atomic E-state index is 13.5. The highest BCUT2D eigenvalue weighted by atomic mass is 35.5. The average molecular weight is 505 g/mol. The van der Waals surface area contributed by atoms with E-state index < -0.39 is 22.0 Å². The minimum atomic E-state index is -3.94. The van der Waals surface area contributed by atoms with Gasteiger partial charge in [0.05, 0.1) is 17.1 Å². The Morgan fingerprint density at radius 3 is 2.39 bits per heavy atom. The summed E-state index contributed by atoms with van der Waals surface area (Å²) in [5.74, 6) is -0.118. The van der Waals surface area contributed by atoms with Crippen LogP contribution in [0.15, 0.2) is 71.6 Å². The van der Waals surface area contributed by atoms with E-state index >= 15 is 0 Å². The first-order valence-corrected chi connectivity index (χ1v) is 12.5. The topological polar surface area (TPSA) is 75.7 Å². The predicted octanol–water partition coefficient (Wildman–Crippen LogP) is 4.62. The number of fused-ring (bicyclic) bond motifs is 1. The second-order valence-electron chi connectivity index (χ2n) is 7.74. The summed E-state index contributed by atoms with van der Waals surface area (Å²) >= 11 is 12.0. The number of anilines is 1. The molecule has 0 aliphatic carbocycles. The first kappa shape index (κ1) is 23.4. The van der Waals surface area contributed by atoms with Gasteiger partial charge in [-0.25, -0.2) is 8.42 Å². The second-order valence-corrected chi connectivity index (χ2v) is 10.5. The number of carbonyl (C=O) groups excluding carboxylic acids is 1. The number of nitrogens with zero attached hydrogens (tertiary/aromatic N) is 1. The molecule has 9 heteroatoms. The third-order valence-electron chi connectivity index (χ3n) is 5.32. The summed E-state index contributed by atoms with van der Waals surface area (Å²) in [5.41, 5.74) is 2.26. The van der Waals surface area contributed by atoms with Crippen LogP contribution in [0.2, 0.25) is 10.0 Å². The van der Waals surface area contributed by atoms with E-state index in [-0.39, 0.29) is 17.2 Å². The molecule has 0 radical (unpaired) electrons. The van der Waals surface area contributed by atoms with Crippen LogP contribution >= 0.6 is 23.2 Å². The van der Waals surface area contributed by atoms with Crippen LogP contribution in [0.3, 0.4) is 0 Å². The number of aryl methyl sites for hydroxylation is 1. The van der Waals surface area contributed by atoms with Crippen LogP contribution in [0.4, 0.5) is 5.69 Å². The predicted molar refractivity (Wildman–Crippen MR) is 130 cm³/mol. The number of sulfonamides is 1. The fourth-order valence-electron chi connectivity index (χ4n) is 3.52. The summed E-state index contributed by atoms with van der Waals surface area (Å²) in [6, 6.07) is 18.6. The quantitative estimate of drug-likeness (QED) is 0.531. The number of benzene rings is 3. The van der Waals surface area contributed by atoms with Gasteiger partial charge in [-0.15, -0.1) is 0 Å². The van der Waals surface area contributed by atoms with Crippen molar-refractivity contribution in [2.24, 2.45) is 0 Å². The Bertz CT molecular complexity index is 1260. The molecule has 1 N–H and O–H groups in total. The lowest BCUT2D eigenvalue weighted by Gasteiger charge is -2.35. The molecule has 3 aromatic carbocycles. The molecule has 1 heterocycles. The van der Waals surface area contributed by atoms with Crippen molar-refractivity contribution in [2.75, 3.05) is 17.4 Å². The molecule has 0 saturated heterocycles. The molecule has 0 bridgehead atoms. The largest absolute Gasteiger partial charge is 0.476 e. The van der Waals surface area contributed by atoms with Crippen LogP contribution in [-0.2, 0) is 21.2 Å². The molecule has 0 spiro atoms. The molecule has 1 atom stereocenters. The molecule has 3 aromatic rings. The van der Waals surface area contributed by atoms with Crippen molar-refractivity contribution in [1.29, 1.82) is 0 Å². The van der Waals surface area contributed by atoms with Gasteiger partial charge in [0.25, 0.3) is 15.9 Å². The monoisotopic (exact) mass is 504 g/mol. The molecular weight excluding hydrogens is 483 g/mol. The van der Waals surface area contributed by atoms with Crippen LogP contribution in [0.25, 0.3) is 0 Å². The van der Waals surface area contributed by atoms with E-state index in [1.807, 2.05) is 19.1 Å². The van der Waals surface area contributed by atoms with Crippen LogP contribution in [0.1, 0.15) is 11.1 Å². The molecule has 1 aliphatic rings. The minimum Gasteiger partial charge on any atom is -0.476 e. The number of rotatable bonds is 6. The molecule has 172 valence electrons. The van der Waals surface area contributed by atoms with Gasteiger partial charge in [0.15, 0.2) is 6.10 Å². The first-order chi connectivity index (χ1) is 15.7. The van der Waals surface area contributed by atoms with Crippen LogP contribution < -0.4 is 14.4 Å². The molecule has 4 rings (SSSR count). The average Bonchev–Trinajstić information content (AvgIpc) is 2.80. The molecule has 6 nitrogen and oxygen atoms in total. The molecule has 0 unspecified atom stereocenters. The zero-order chi connectivity index (χ0) is 23.6. The van der Waals surface area contributed by atoms with Gasteiger partial charge >= 0.3 is 0 Å². The summed E-state index contributed by atoms with van der Waals surface area (Å²) in [6.07, 6.45) is -0.406. The third kappa shape index (κ3) is 5.27. The van der Waals surface area contributed by atoms with E-state index in [1.54, 1.807) is 48.5 Å². The molecule has 0 fully saturated rings. The van der Waals surface area contributed by atoms with Crippen molar-refractivity contribution in [3.8, 4) is 5.75 Å². The number of carbonyl (C=O) groups is 1. The fraction of sp³-hybridized carbons (Fsp3) is 0.208. The van der Waals surface area contributed by atoms with Gasteiger partial charge in [0, 0.05) is 16.6 Å². The highest BCUT2D eigenvalue weighted by Crippen LogP contribution is 2.38. The lowest BCUT2D eigenvalue weighted by atomic mass is 10.1. The van der Waals surface area contributed by atoms with Gasteiger partial charge in [-0.3, -0.25) is 9.10 Å². The summed E-state index contributed by atoms with van der Waals surface area (Å²) in [4.78, 5) is 13.0. The normalized spacial score (nSPS) is 15.5. The molecule has 0 saturated carbocycles. The summed E-state index contributed by atoms with van der Waals surface area (Å²) in [6.45, 7) is 2.08. The summed E-state index contributed by atoms with van der Waals surface area (Å²) in [5, 5.41) is 3.85. The van der Waals surface area contributed by atoms with Gasteiger partial charge in [0.2, 0.25) is 0 Å². The maximum Gasteiger partial charge on any atom is 0.264 e. The van der Waals surface area contributed by atoms with Crippen molar-refractivity contribution in [1.82, 2.24) is 5.32 Å². The van der Waals surface area contributed by atoms with Crippen LogP contribution in [0.5, 0.6) is 5.75 Å². The zero-order valence-corrected chi connectivity index (χ0v) is 20.1. The second kappa shape index (κ2) is 9.63. The Kier molecular flexibility index (Phi) is 6.83. The Morgan fingerprint density at radius 2 is 1.70 bits per heavy atom. The SMILES string of the molecule is Cc1ccc(S(=O)(=O)N2C[C@@H](C(=O)NCCc3ccc(Cl)cc3)Oc3ccc(Cl)cc32)cc1. The fourth-order valence-corrected chi connectivity index (χ4v) is 5.28. The third-order valence-corrected chi connectivity index (χ3v) is 7.60. The summed E-state index contributed by atoms with van der Waals surface area (Å²) < 4.78 is 33.9. The van der Waals surface area contributed by atoms with Crippen LogP contribution in [-0.4, -0.2) is 33.5 Å². The lowest BCUT2D eigenvalue weighted by molar-refractivity contribution is -0.127. The highest BCUT2D eigenvalue weighted by Gasteiger charge is 2.37. The Hall–Kier alpha value is -2.74. The summed E-state index contributed by atoms with van der Waals surface area (Å²) in [7, 11) is -3.94. The highest BCUT2D eigenvalue weighted by molar-refractivity contribution is 7.92. The number of hydrogen-bond donors (Lipinski definition) is 1. The van der Waals surface area contributed by atoms with Crippen LogP contribution in [0, 0.1) is 6.92 Å². The minimum absolute atomic E-state index is 0.128. The number of halogens is 2. The number of amides is 1. The molecule has 1 amide bonds. The molecule has 0 aromatic heterocycles. The van der Waals surface area contributed by atoms with E-state index in [2.05, 4.69) is 5.32 Å². The molecule has 33 heavy (non-hydrogen) atoms. The van der Waals surface area contributed by atoms with Gasteiger partial charge in [-0.2, -0.15) is 0 Å². The maximum atomic E-state index is 13.5. The number of hydrogen-bond acceptors (Lipinski definition) is 4. The van der Waals surface area contributed by atoms with Gasteiger partial charge in [-0.05, 0) is 61.4 Å². The number of ether oxygens (including phenoxy) is 1. The van der Waals surface area contributed by atoms with Gasteiger partial charge in [0.1, 0.15) is 5.75 Å². The smallest absolute Gasteiger partial charge is 0.264 e. The van der Waals surface area contributed by atoms with Crippen molar-refractivity contribution >= 4 is 44.8 Å². The van der Waals surface area contributed by atoms with Crippen molar-refractivity contribution in [3.05, 3.63) is 87.9 Å². The van der Waals surface area contributed by atoms with E-state index in [9.17, 15) is 13.2 Å². The first-order valence-electron chi connectivity index (χ1n) is 10.3. The standard InChI is InChI=1S/C24H22Cl2N2O4S/c1-16-2-9-20(10-3-16)33(30,31)28-15-23(32-22-11-8-19(26)14-21(22)28)24(29)27-13-12-17-4-6-18(25)7-5-17/h2-11,14,23H,12-13,15H2,1H3,(H,27,29)/t23-/m0/s1. The molecule has 1 aliphatic heterocycles. The van der Waals surface area contributed by atoms with Crippen molar-refractivity contribution in [3.63, 3.8) is 0 Å². The lowest BCUT2D eigenvalue weighted by Crippen LogP contribution is -2.51. The van der Waals surface area contributed by atoms with Gasteiger partial charge < -0.3 is 10.1 Å². The van der Waals surface area contributed by atoms with E-state index in [0.717, 1.165) is 11.1 Å². The Labute approximate surface area is 203 Å². The van der Waals surface area contributed by atoms with E-state index in [0.29, 0.717) is 28.7 Å². The van der Waals surface area contributed by atoms with E-state index in [4.69, 9.17) is 27.9 Å². The van der Waals surface area contributed by atoms with Crippen molar-refractivity contribution < 1.29 is 17.9 Å². The zero-order valence-electron chi connectivity index (χ0n) is 17.8. The Morgan fingerprint density at radius 1 is 1.03 bits per heavy atom. The molecular formula is C24H22Cl2N2O4S. The Balaban J connectivity index is 1.55. The number of nitrogens with one attached hydrogen (secondary N) is 1. The van der Waals surface area contributed by atoms with Crippen molar-refractivity contribution in [2.45, 2.75) is 24.3 Å².